The summed E-state index contributed by atoms with van der Waals surface area (Å²) >= 11 is 0. The zero-order valence-electron chi connectivity index (χ0n) is 17.4. The van der Waals surface area contributed by atoms with E-state index in [1.807, 2.05) is 42.5 Å². The number of carbonyl (C=O) groups excluding carboxylic acids is 1. The van der Waals surface area contributed by atoms with Gasteiger partial charge in [-0.15, -0.1) is 0 Å². The molecule has 148 valence electrons. The molecule has 3 heteroatoms. The predicted octanol–water partition coefficient (Wildman–Crippen LogP) is 5.40. The van der Waals surface area contributed by atoms with Crippen LogP contribution in [0.3, 0.4) is 0 Å². The number of hydrogen-bond donors (Lipinski definition) is 0. The van der Waals surface area contributed by atoms with Crippen LogP contribution in [-0.4, -0.2) is 35.9 Å². The van der Waals surface area contributed by atoms with E-state index < -0.39 is 0 Å². The first-order chi connectivity index (χ1) is 13.5. The fraction of sp³-hybridized carbons (Fsp3) is 0.400. The highest BCUT2D eigenvalue weighted by Crippen LogP contribution is 2.29. The monoisotopic (exact) mass is 377 g/mol. The Bertz CT molecular complexity index is 826. The number of ether oxygens (including phenoxy) is 1. The summed E-state index contributed by atoms with van der Waals surface area (Å²) in [5, 5.41) is 0. The van der Waals surface area contributed by atoms with E-state index >= 15 is 0 Å². The number of rotatable bonds is 8. The summed E-state index contributed by atoms with van der Waals surface area (Å²) in [4.78, 5) is 15.4. The van der Waals surface area contributed by atoms with Gasteiger partial charge in [-0.05, 0) is 75.9 Å². The Labute approximate surface area is 169 Å². The molecule has 0 amide bonds. The summed E-state index contributed by atoms with van der Waals surface area (Å²) in [6.45, 7) is 10.4. The number of nitrogens with zero attached hydrogens (tertiary/aromatic N) is 1. The predicted molar refractivity (Wildman–Crippen MR) is 116 cm³/mol. The molecule has 0 spiro atoms. The molecule has 0 atom stereocenters. The average molecular weight is 378 g/mol. The highest BCUT2D eigenvalue weighted by Gasteiger charge is 2.19. The molecule has 1 aliphatic carbocycles. The lowest BCUT2D eigenvalue weighted by atomic mass is 9.87. The van der Waals surface area contributed by atoms with Crippen LogP contribution in [-0.2, 0) is 6.42 Å². The SMILES string of the molecule is CC(C)N(CCOc1ccc(C(=O)C2=CCCc3ccccc32)cc1)C(C)C. The summed E-state index contributed by atoms with van der Waals surface area (Å²) in [5.74, 6) is 0.895. The third kappa shape index (κ3) is 4.71. The third-order valence-electron chi connectivity index (χ3n) is 5.38. The summed E-state index contributed by atoms with van der Waals surface area (Å²) in [6, 6.07) is 16.7. The Balaban J connectivity index is 1.63. The van der Waals surface area contributed by atoms with Crippen LogP contribution < -0.4 is 4.74 Å². The van der Waals surface area contributed by atoms with Crippen molar-refractivity contribution in [3.8, 4) is 5.75 Å². The maximum absolute atomic E-state index is 13.0. The van der Waals surface area contributed by atoms with Gasteiger partial charge >= 0.3 is 0 Å². The molecule has 0 unspecified atom stereocenters. The molecule has 0 bridgehead atoms. The molecule has 28 heavy (non-hydrogen) atoms. The lowest BCUT2D eigenvalue weighted by Crippen LogP contribution is -2.39. The number of Topliss-reactive ketones (excluding diaryl/α,β-unsaturated/α-hetero) is 1. The first kappa shape index (κ1) is 20.3. The number of aryl methyl sites for hydroxylation is 1. The smallest absolute Gasteiger partial charge is 0.193 e. The highest BCUT2D eigenvalue weighted by molar-refractivity contribution is 6.29. The second-order valence-corrected chi connectivity index (χ2v) is 7.94. The molecule has 2 aromatic rings. The maximum Gasteiger partial charge on any atom is 0.193 e. The van der Waals surface area contributed by atoms with E-state index in [2.05, 4.69) is 44.7 Å². The molecular weight excluding hydrogens is 346 g/mol. The van der Waals surface area contributed by atoms with Crippen LogP contribution in [0.2, 0.25) is 0 Å². The molecule has 3 rings (SSSR count). The number of fused-ring (bicyclic) bond motifs is 1. The Morgan fingerprint density at radius 2 is 1.68 bits per heavy atom. The van der Waals surface area contributed by atoms with Crippen LogP contribution in [0.25, 0.3) is 5.57 Å². The average Bonchev–Trinajstić information content (AvgIpc) is 2.70. The minimum Gasteiger partial charge on any atom is -0.492 e. The molecule has 2 aromatic carbocycles. The van der Waals surface area contributed by atoms with Crippen LogP contribution in [0.5, 0.6) is 5.75 Å². The van der Waals surface area contributed by atoms with Crippen molar-refractivity contribution in [3.63, 3.8) is 0 Å². The molecular formula is C25H31NO2. The number of hydrogen-bond acceptors (Lipinski definition) is 3. The van der Waals surface area contributed by atoms with Crippen molar-refractivity contribution in [3.05, 3.63) is 71.3 Å². The molecule has 0 saturated heterocycles. The minimum absolute atomic E-state index is 0.0875. The van der Waals surface area contributed by atoms with Gasteiger partial charge < -0.3 is 4.74 Å². The number of benzene rings is 2. The van der Waals surface area contributed by atoms with E-state index in [1.54, 1.807) is 0 Å². The van der Waals surface area contributed by atoms with Gasteiger partial charge in [-0.2, -0.15) is 0 Å². The standard InChI is InChI=1S/C25H31NO2/c1-18(2)26(19(3)4)16-17-28-22-14-12-21(13-15-22)25(27)24-11-7-9-20-8-5-6-10-23(20)24/h5-6,8,10-15,18-19H,7,9,16-17H2,1-4H3. The summed E-state index contributed by atoms with van der Waals surface area (Å²) < 4.78 is 5.91. The first-order valence-corrected chi connectivity index (χ1v) is 10.3. The zero-order valence-corrected chi connectivity index (χ0v) is 17.4. The van der Waals surface area contributed by atoms with Crippen LogP contribution >= 0.6 is 0 Å². The van der Waals surface area contributed by atoms with Crippen molar-refractivity contribution >= 4 is 11.4 Å². The Kier molecular flexibility index (Phi) is 6.69. The Morgan fingerprint density at radius 3 is 2.36 bits per heavy atom. The molecule has 3 nitrogen and oxygen atoms in total. The maximum atomic E-state index is 13.0. The van der Waals surface area contributed by atoms with Gasteiger partial charge in [-0.1, -0.05) is 30.3 Å². The van der Waals surface area contributed by atoms with Gasteiger partial charge in [-0.3, -0.25) is 9.69 Å². The van der Waals surface area contributed by atoms with E-state index in [0.29, 0.717) is 24.3 Å². The van der Waals surface area contributed by atoms with Crippen molar-refractivity contribution < 1.29 is 9.53 Å². The topological polar surface area (TPSA) is 29.5 Å². The largest absolute Gasteiger partial charge is 0.492 e. The van der Waals surface area contributed by atoms with Crippen molar-refractivity contribution in [1.29, 1.82) is 0 Å². The fourth-order valence-corrected chi connectivity index (χ4v) is 3.94. The lowest BCUT2D eigenvalue weighted by molar-refractivity contribution is 0.105. The summed E-state index contributed by atoms with van der Waals surface area (Å²) in [5.41, 5.74) is 3.86. The molecule has 0 N–H and O–H groups in total. The molecule has 0 fully saturated rings. The second kappa shape index (κ2) is 9.20. The van der Waals surface area contributed by atoms with Crippen LogP contribution in [0, 0.1) is 0 Å². The molecule has 0 saturated carbocycles. The normalized spacial score (nSPS) is 13.6. The fourth-order valence-electron chi connectivity index (χ4n) is 3.94. The zero-order chi connectivity index (χ0) is 20.1. The number of allylic oxidation sites excluding steroid dienone is 2. The van der Waals surface area contributed by atoms with Crippen molar-refractivity contribution in [2.24, 2.45) is 0 Å². The van der Waals surface area contributed by atoms with Gasteiger partial charge in [0.15, 0.2) is 5.78 Å². The Hall–Kier alpha value is -2.39. The molecule has 0 aliphatic heterocycles. The van der Waals surface area contributed by atoms with Crippen molar-refractivity contribution in [1.82, 2.24) is 4.90 Å². The lowest BCUT2D eigenvalue weighted by Gasteiger charge is -2.30. The number of carbonyl (C=O) groups is 1. The van der Waals surface area contributed by atoms with E-state index in [0.717, 1.165) is 36.3 Å². The highest BCUT2D eigenvalue weighted by atomic mass is 16.5. The molecule has 0 aromatic heterocycles. The van der Waals surface area contributed by atoms with Gasteiger partial charge in [0.05, 0.1) is 0 Å². The Morgan fingerprint density at radius 1 is 1.00 bits per heavy atom. The van der Waals surface area contributed by atoms with E-state index in [-0.39, 0.29) is 5.78 Å². The van der Waals surface area contributed by atoms with Gasteiger partial charge in [0.1, 0.15) is 12.4 Å². The van der Waals surface area contributed by atoms with Gasteiger partial charge in [0.25, 0.3) is 0 Å². The van der Waals surface area contributed by atoms with E-state index in [1.165, 1.54) is 5.56 Å². The number of ketones is 1. The molecule has 0 heterocycles. The van der Waals surface area contributed by atoms with Crippen LogP contribution in [0.15, 0.2) is 54.6 Å². The van der Waals surface area contributed by atoms with E-state index in [9.17, 15) is 4.79 Å². The summed E-state index contributed by atoms with van der Waals surface area (Å²) in [7, 11) is 0. The van der Waals surface area contributed by atoms with Crippen molar-refractivity contribution in [2.75, 3.05) is 13.2 Å². The van der Waals surface area contributed by atoms with Crippen LogP contribution in [0.1, 0.15) is 55.6 Å². The van der Waals surface area contributed by atoms with Crippen molar-refractivity contribution in [2.45, 2.75) is 52.6 Å². The van der Waals surface area contributed by atoms with E-state index in [4.69, 9.17) is 4.74 Å². The third-order valence-corrected chi connectivity index (χ3v) is 5.38. The second-order valence-electron chi connectivity index (χ2n) is 7.94. The molecule has 0 radical (unpaired) electrons. The first-order valence-electron chi connectivity index (χ1n) is 10.3. The van der Waals surface area contributed by atoms with Gasteiger partial charge in [0.2, 0.25) is 0 Å². The van der Waals surface area contributed by atoms with Gasteiger partial charge in [0, 0.05) is 29.8 Å². The minimum atomic E-state index is 0.0875. The summed E-state index contributed by atoms with van der Waals surface area (Å²) in [6.07, 6.45) is 3.99. The molecule has 1 aliphatic rings. The quantitative estimate of drug-likeness (QED) is 0.577. The van der Waals surface area contributed by atoms with Crippen LogP contribution in [0.4, 0.5) is 0 Å². The van der Waals surface area contributed by atoms with Gasteiger partial charge in [-0.25, -0.2) is 0 Å².